The number of hydrogen-bond acceptors (Lipinski definition) is 13. The average Bonchev–Trinajstić information content (AvgIpc) is 3.70. The van der Waals surface area contributed by atoms with E-state index in [1.54, 1.807) is 61.5 Å². The monoisotopic (exact) mass is 688 g/mol. The molecule has 4 fully saturated rings. The van der Waals surface area contributed by atoms with Crippen LogP contribution in [0.5, 0.6) is 0 Å². The van der Waals surface area contributed by atoms with Gasteiger partial charge in [0.15, 0.2) is 11.7 Å². The molecule has 5 aliphatic rings. The van der Waals surface area contributed by atoms with Gasteiger partial charge in [-0.1, -0.05) is 48.5 Å². The minimum atomic E-state index is -2.65. The Balaban J connectivity index is 1.69. The number of cyclic esters (lactones) is 1. The predicted octanol–water partition coefficient (Wildman–Crippen LogP) is 3.14. The van der Waals surface area contributed by atoms with Crippen LogP contribution in [-0.2, 0) is 42.9 Å². The van der Waals surface area contributed by atoms with Gasteiger partial charge in [-0.25, -0.2) is 4.79 Å². The zero-order chi connectivity index (χ0) is 36.3. The molecule has 1 aromatic heterocycles. The highest BCUT2D eigenvalue weighted by atomic mass is 16.7. The molecule has 270 valence electrons. The first-order valence-corrected chi connectivity index (χ1v) is 17.0. The second-order valence-electron chi connectivity index (χ2n) is 15.9. The lowest BCUT2D eigenvalue weighted by Gasteiger charge is -2.69. The standard InChI is InChI=1S/C36H48O13/c1-10-18(4)28(41)48-30-34-21-15-25(39)46-26(19-11-12-45-16-19)32(21,7)23(37)13-22(34)33(8)20(14-24(38)44-9)31(5,6)29(47-27(40)17(2)3)35(30,42)36(33,43)49-34/h11-12,15-18,20,22-23,26,29-30,37,42-43H,10,13-14H2,1-9H3/t18?,20-,22?,23-,26-,29-,30-,32-,33-,34?,35?,36?/m0/s1. The maximum atomic E-state index is 13.8. The van der Waals surface area contributed by atoms with E-state index in [1.807, 2.05) is 0 Å². The van der Waals surface area contributed by atoms with Crippen molar-refractivity contribution >= 4 is 23.9 Å². The molecule has 49 heavy (non-hydrogen) atoms. The molecule has 2 aliphatic carbocycles. The van der Waals surface area contributed by atoms with Gasteiger partial charge in [0.05, 0.1) is 43.0 Å². The number of rotatable bonds is 8. The van der Waals surface area contributed by atoms with Crippen molar-refractivity contribution in [2.45, 2.75) is 116 Å². The van der Waals surface area contributed by atoms with Gasteiger partial charge >= 0.3 is 23.9 Å². The zero-order valence-corrected chi connectivity index (χ0v) is 29.5. The molecular weight excluding hydrogens is 640 g/mol. The van der Waals surface area contributed by atoms with Crippen molar-refractivity contribution < 1.29 is 62.6 Å². The van der Waals surface area contributed by atoms with Gasteiger partial charge < -0.3 is 43.4 Å². The first kappa shape index (κ1) is 35.6. The molecule has 6 rings (SSSR count). The van der Waals surface area contributed by atoms with Crippen LogP contribution >= 0.6 is 0 Å². The number of carbonyl (C=O) groups is 4. The number of methoxy groups -OCH3 is 1. The average molecular weight is 689 g/mol. The Bertz CT molecular complexity index is 1580. The van der Waals surface area contributed by atoms with Gasteiger partial charge in [0.25, 0.3) is 0 Å². The summed E-state index contributed by atoms with van der Waals surface area (Å²) >= 11 is 0. The summed E-state index contributed by atoms with van der Waals surface area (Å²) in [5.74, 6) is -8.66. The summed E-state index contributed by atoms with van der Waals surface area (Å²) in [7, 11) is 1.23. The Morgan fingerprint density at radius 2 is 1.69 bits per heavy atom. The van der Waals surface area contributed by atoms with E-state index in [2.05, 4.69) is 0 Å². The van der Waals surface area contributed by atoms with Crippen LogP contribution in [0.1, 0.15) is 86.3 Å². The lowest BCUT2D eigenvalue weighted by Crippen LogP contribution is -2.85. The molecule has 2 saturated carbocycles. The maximum absolute atomic E-state index is 13.8. The van der Waals surface area contributed by atoms with E-state index >= 15 is 0 Å². The Morgan fingerprint density at radius 1 is 1.04 bits per heavy atom. The SMILES string of the molecule is CCC(C)C(=O)O[C@H]1C23OC4(O)C1(O)[C@@H](OC(=O)C(C)C)C(C)(C)[C@H](CC(=O)OC)[C@@]4(C)C2C[C@H](O)[C@]1(C)C3=CC(=O)O[C@H]1c1ccoc1. The fourth-order valence-corrected chi connectivity index (χ4v) is 10.2. The largest absolute Gasteiger partial charge is 0.472 e. The molecule has 13 nitrogen and oxygen atoms in total. The van der Waals surface area contributed by atoms with E-state index in [0.29, 0.717) is 12.0 Å². The third kappa shape index (κ3) is 4.19. The van der Waals surface area contributed by atoms with Crippen LogP contribution in [0, 0.1) is 39.9 Å². The normalized spacial score (nSPS) is 43.5. The maximum Gasteiger partial charge on any atom is 0.331 e. The molecule has 3 aliphatic heterocycles. The number of fused-ring (bicyclic) bond motifs is 2. The molecule has 0 radical (unpaired) electrons. The number of aliphatic hydroxyl groups excluding tert-OH is 1. The van der Waals surface area contributed by atoms with Gasteiger partial charge in [-0.05, 0) is 37.3 Å². The molecule has 4 heterocycles. The lowest BCUT2D eigenvalue weighted by molar-refractivity contribution is -0.386. The molecule has 13 heteroatoms. The fraction of sp³-hybridized carbons (Fsp3) is 0.722. The van der Waals surface area contributed by atoms with Crippen LogP contribution < -0.4 is 0 Å². The van der Waals surface area contributed by atoms with Gasteiger partial charge in [0.1, 0.15) is 17.8 Å². The zero-order valence-electron chi connectivity index (χ0n) is 29.5. The van der Waals surface area contributed by atoms with Crippen molar-refractivity contribution in [1.29, 1.82) is 0 Å². The third-order valence-electron chi connectivity index (χ3n) is 12.9. The molecule has 2 saturated heterocycles. The lowest BCUT2D eigenvalue weighted by atomic mass is 9.36. The highest BCUT2D eigenvalue weighted by Gasteiger charge is 2.96. The minimum absolute atomic E-state index is 0.0871. The van der Waals surface area contributed by atoms with E-state index < -0.39 is 105 Å². The summed E-state index contributed by atoms with van der Waals surface area (Å²) < 4.78 is 35.5. The van der Waals surface area contributed by atoms with Crippen LogP contribution in [0.3, 0.4) is 0 Å². The molecule has 2 bridgehead atoms. The Hall–Kier alpha value is -3.26. The highest BCUT2D eigenvalue weighted by molar-refractivity contribution is 5.86. The van der Waals surface area contributed by atoms with E-state index in [9.17, 15) is 34.5 Å². The van der Waals surface area contributed by atoms with Crippen LogP contribution in [0.4, 0.5) is 0 Å². The van der Waals surface area contributed by atoms with E-state index in [1.165, 1.54) is 25.7 Å². The number of esters is 4. The molecule has 0 aromatic carbocycles. The summed E-state index contributed by atoms with van der Waals surface area (Å²) in [4.78, 5) is 53.9. The van der Waals surface area contributed by atoms with Gasteiger partial charge in [0, 0.05) is 34.8 Å². The van der Waals surface area contributed by atoms with Crippen LogP contribution in [0.15, 0.2) is 34.7 Å². The molecule has 1 spiro atoms. The summed E-state index contributed by atoms with van der Waals surface area (Å²) in [5, 5.41) is 38.7. The Kier molecular flexibility index (Phi) is 8.07. The topological polar surface area (TPSA) is 188 Å². The third-order valence-corrected chi connectivity index (χ3v) is 12.9. The van der Waals surface area contributed by atoms with Gasteiger partial charge in [-0.15, -0.1) is 0 Å². The first-order chi connectivity index (χ1) is 22.7. The molecule has 0 amide bonds. The number of furan rings is 1. The van der Waals surface area contributed by atoms with Crippen molar-refractivity contribution in [2.24, 2.45) is 39.9 Å². The summed E-state index contributed by atoms with van der Waals surface area (Å²) in [6.45, 7) is 13.4. The number of carbonyl (C=O) groups excluding carboxylic acids is 4. The minimum Gasteiger partial charge on any atom is -0.472 e. The highest BCUT2D eigenvalue weighted by Crippen LogP contribution is 2.82. The van der Waals surface area contributed by atoms with Gasteiger partial charge in [0.2, 0.25) is 5.79 Å². The molecule has 5 unspecified atom stereocenters. The molecule has 3 N–H and O–H groups in total. The number of aliphatic hydroxyl groups is 3. The molecule has 12 atom stereocenters. The van der Waals surface area contributed by atoms with Crippen molar-refractivity contribution in [1.82, 2.24) is 0 Å². The molecule has 1 aromatic rings. The Morgan fingerprint density at radius 3 is 2.27 bits per heavy atom. The fourth-order valence-electron chi connectivity index (χ4n) is 10.2. The smallest absolute Gasteiger partial charge is 0.331 e. The van der Waals surface area contributed by atoms with Crippen molar-refractivity contribution in [3.8, 4) is 0 Å². The summed E-state index contributed by atoms with van der Waals surface area (Å²) in [6, 6.07) is 1.60. The van der Waals surface area contributed by atoms with Crippen LogP contribution in [0.25, 0.3) is 0 Å². The second-order valence-corrected chi connectivity index (χ2v) is 15.9. The van der Waals surface area contributed by atoms with Crippen molar-refractivity contribution in [2.75, 3.05) is 7.11 Å². The van der Waals surface area contributed by atoms with E-state index in [4.69, 9.17) is 28.1 Å². The number of hydrogen-bond donors (Lipinski definition) is 3. The van der Waals surface area contributed by atoms with E-state index in [0.717, 1.165) is 0 Å². The van der Waals surface area contributed by atoms with Crippen LogP contribution in [0.2, 0.25) is 0 Å². The quantitative estimate of drug-likeness (QED) is 0.267. The Labute approximate surface area is 285 Å². The predicted molar refractivity (Wildman–Crippen MR) is 168 cm³/mol. The van der Waals surface area contributed by atoms with Gasteiger partial charge in [-0.2, -0.15) is 0 Å². The van der Waals surface area contributed by atoms with Crippen molar-refractivity contribution in [3.63, 3.8) is 0 Å². The van der Waals surface area contributed by atoms with E-state index in [-0.39, 0.29) is 18.4 Å². The van der Waals surface area contributed by atoms with Crippen molar-refractivity contribution in [3.05, 3.63) is 35.8 Å². The van der Waals surface area contributed by atoms with Crippen LogP contribution in [-0.4, -0.2) is 81.6 Å². The second kappa shape index (κ2) is 11.1. The first-order valence-electron chi connectivity index (χ1n) is 17.0. The number of ether oxygens (including phenoxy) is 5. The molecular formula is C36H48O13. The summed E-state index contributed by atoms with van der Waals surface area (Å²) in [5.41, 5.74) is -8.37. The summed E-state index contributed by atoms with van der Waals surface area (Å²) in [6.07, 6.45) is -1.71. The van der Waals surface area contributed by atoms with Gasteiger partial charge in [-0.3, -0.25) is 14.4 Å².